The molecule has 2 rings (SSSR count). The molecule has 0 bridgehead atoms. The van der Waals surface area contributed by atoms with Crippen LogP contribution in [0.2, 0.25) is 0 Å². The average Bonchev–Trinajstić information content (AvgIpc) is 2.41. The normalized spacial score (nSPS) is 12.2. The van der Waals surface area contributed by atoms with Gasteiger partial charge in [-0.1, -0.05) is 44.0 Å². The summed E-state index contributed by atoms with van der Waals surface area (Å²) in [7, 11) is 0. The van der Waals surface area contributed by atoms with Gasteiger partial charge in [-0.3, -0.25) is 0 Å². The zero-order valence-corrected chi connectivity index (χ0v) is 15.0. The predicted octanol–water partition coefficient (Wildman–Crippen LogP) is 6.13. The van der Waals surface area contributed by atoms with Gasteiger partial charge in [0.2, 0.25) is 0 Å². The summed E-state index contributed by atoms with van der Waals surface area (Å²) < 4.78 is 7.74. The lowest BCUT2D eigenvalue weighted by Crippen LogP contribution is -2.01. The number of alkyl halides is 1. The maximum absolute atomic E-state index is 6.59. The maximum atomic E-state index is 6.59. The standard InChI is InChI=1S/C16H15Br2ClO/c1-2-20-16-7-6-13(18)10-14(16)15(19)9-11-4-3-5-12(17)8-11/h3-8,10,15H,2,9H2,1H3. The highest BCUT2D eigenvalue weighted by Gasteiger charge is 2.15. The zero-order valence-electron chi connectivity index (χ0n) is 11.1. The lowest BCUT2D eigenvalue weighted by atomic mass is 10.0. The molecule has 0 aliphatic rings. The fourth-order valence-electron chi connectivity index (χ4n) is 2.03. The van der Waals surface area contributed by atoms with Crippen LogP contribution in [-0.4, -0.2) is 6.61 Å². The Kier molecular flexibility index (Phi) is 5.94. The molecule has 0 N–H and O–H groups in total. The van der Waals surface area contributed by atoms with Crippen molar-refractivity contribution in [2.24, 2.45) is 0 Å². The van der Waals surface area contributed by atoms with Gasteiger partial charge in [0.15, 0.2) is 0 Å². The van der Waals surface area contributed by atoms with E-state index < -0.39 is 0 Å². The SMILES string of the molecule is CCOc1ccc(Br)cc1C(Cl)Cc1cccc(Br)c1. The van der Waals surface area contributed by atoms with Crippen molar-refractivity contribution >= 4 is 43.5 Å². The first-order valence-electron chi connectivity index (χ1n) is 6.41. The highest BCUT2D eigenvalue weighted by atomic mass is 79.9. The molecule has 106 valence electrons. The van der Waals surface area contributed by atoms with Crippen molar-refractivity contribution in [1.82, 2.24) is 0 Å². The third-order valence-corrected chi connectivity index (χ3v) is 4.29. The van der Waals surface area contributed by atoms with Crippen molar-refractivity contribution in [3.8, 4) is 5.75 Å². The van der Waals surface area contributed by atoms with E-state index in [1.54, 1.807) is 0 Å². The predicted molar refractivity (Wildman–Crippen MR) is 91.8 cm³/mol. The van der Waals surface area contributed by atoms with Crippen LogP contribution >= 0.6 is 43.5 Å². The van der Waals surface area contributed by atoms with E-state index in [0.29, 0.717) is 6.61 Å². The molecule has 20 heavy (non-hydrogen) atoms. The zero-order chi connectivity index (χ0) is 14.5. The van der Waals surface area contributed by atoms with Gasteiger partial charge in [-0.15, -0.1) is 11.6 Å². The van der Waals surface area contributed by atoms with Crippen LogP contribution in [-0.2, 0) is 6.42 Å². The van der Waals surface area contributed by atoms with Crippen molar-refractivity contribution in [2.45, 2.75) is 18.7 Å². The summed E-state index contributed by atoms with van der Waals surface area (Å²) in [6, 6.07) is 14.2. The summed E-state index contributed by atoms with van der Waals surface area (Å²) in [5.41, 5.74) is 2.21. The number of hydrogen-bond acceptors (Lipinski definition) is 1. The van der Waals surface area contributed by atoms with Crippen LogP contribution in [0.5, 0.6) is 5.75 Å². The molecule has 0 saturated heterocycles. The first kappa shape index (κ1) is 15.9. The Balaban J connectivity index is 2.23. The van der Waals surface area contributed by atoms with Crippen molar-refractivity contribution in [2.75, 3.05) is 6.61 Å². The van der Waals surface area contributed by atoms with E-state index in [2.05, 4.69) is 44.0 Å². The smallest absolute Gasteiger partial charge is 0.124 e. The molecule has 0 amide bonds. The molecule has 0 spiro atoms. The molecule has 1 unspecified atom stereocenters. The molecule has 1 atom stereocenters. The third kappa shape index (κ3) is 4.24. The van der Waals surface area contributed by atoms with Gasteiger partial charge in [0, 0.05) is 14.5 Å². The molecule has 2 aromatic carbocycles. The minimum atomic E-state index is -0.122. The molecule has 0 saturated carbocycles. The molecule has 4 heteroatoms. The Labute approximate surface area is 141 Å². The second kappa shape index (κ2) is 7.48. The van der Waals surface area contributed by atoms with Gasteiger partial charge in [0.1, 0.15) is 5.75 Å². The Bertz CT molecular complexity index is 586. The van der Waals surface area contributed by atoms with Gasteiger partial charge in [-0.05, 0) is 49.2 Å². The van der Waals surface area contributed by atoms with Gasteiger partial charge in [-0.25, -0.2) is 0 Å². The Morgan fingerprint density at radius 3 is 2.55 bits per heavy atom. The molecular formula is C16H15Br2ClO. The van der Waals surface area contributed by atoms with Crippen molar-refractivity contribution in [3.63, 3.8) is 0 Å². The van der Waals surface area contributed by atoms with Gasteiger partial charge in [-0.2, -0.15) is 0 Å². The van der Waals surface area contributed by atoms with E-state index in [1.807, 2.05) is 37.3 Å². The van der Waals surface area contributed by atoms with Crippen molar-refractivity contribution in [1.29, 1.82) is 0 Å². The minimum Gasteiger partial charge on any atom is -0.494 e. The molecule has 0 aliphatic heterocycles. The van der Waals surface area contributed by atoms with Crippen LogP contribution in [0.1, 0.15) is 23.4 Å². The maximum Gasteiger partial charge on any atom is 0.124 e. The molecule has 0 aromatic heterocycles. The van der Waals surface area contributed by atoms with Crippen LogP contribution in [0.3, 0.4) is 0 Å². The summed E-state index contributed by atoms with van der Waals surface area (Å²) in [5.74, 6) is 0.852. The van der Waals surface area contributed by atoms with Crippen LogP contribution in [0.15, 0.2) is 51.4 Å². The van der Waals surface area contributed by atoms with E-state index in [1.165, 1.54) is 5.56 Å². The topological polar surface area (TPSA) is 9.23 Å². The van der Waals surface area contributed by atoms with E-state index >= 15 is 0 Å². The Morgan fingerprint density at radius 1 is 1.10 bits per heavy atom. The highest BCUT2D eigenvalue weighted by molar-refractivity contribution is 9.10. The average molecular weight is 419 g/mol. The quantitative estimate of drug-likeness (QED) is 0.531. The fraction of sp³-hybridized carbons (Fsp3) is 0.250. The van der Waals surface area contributed by atoms with Gasteiger partial charge in [0.05, 0.1) is 12.0 Å². The molecule has 0 heterocycles. The summed E-state index contributed by atoms with van der Waals surface area (Å²) in [6.07, 6.45) is 0.761. The molecule has 0 fully saturated rings. The first-order chi connectivity index (χ1) is 9.60. The monoisotopic (exact) mass is 416 g/mol. The van der Waals surface area contributed by atoms with E-state index in [4.69, 9.17) is 16.3 Å². The number of benzene rings is 2. The number of rotatable bonds is 5. The number of halogens is 3. The van der Waals surface area contributed by atoms with Crippen molar-refractivity contribution in [3.05, 3.63) is 62.5 Å². The Hall–Kier alpha value is -0.510. The van der Waals surface area contributed by atoms with E-state index in [0.717, 1.165) is 26.7 Å². The number of ether oxygens (including phenoxy) is 1. The second-order valence-corrected chi connectivity index (χ2v) is 6.77. The Morgan fingerprint density at radius 2 is 1.85 bits per heavy atom. The largest absolute Gasteiger partial charge is 0.494 e. The van der Waals surface area contributed by atoms with Crippen LogP contribution in [0, 0.1) is 0 Å². The van der Waals surface area contributed by atoms with Crippen LogP contribution < -0.4 is 4.74 Å². The summed E-state index contributed by atoms with van der Waals surface area (Å²) in [6.45, 7) is 2.61. The van der Waals surface area contributed by atoms with E-state index in [-0.39, 0.29) is 5.38 Å². The molecule has 1 nitrogen and oxygen atoms in total. The molecule has 2 aromatic rings. The first-order valence-corrected chi connectivity index (χ1v) is 8.43. The van der Waals surface area contributed by atoms with Gasteiger partial charge in [0.25, 0.3) is 0 Å². The molecular weight excluding hydrogens is 403 g/mol. The fourth-order valence-corrected chi connectivity index (χ4v) is 3.21. The summed E-state index contributed by atoms with van der Waals surface area (Å²) in [4.78, 5) is 0. The molecule has 0 radical (unpaired) electrons. The number of hydrogen-bond donors (Lipinski definition) is 0. The lowest BCUT2D eigenvalue weighted by molar-refractivity contribution is 0.336. The lowest BCUT2D eigenvalue weighted by Gasteiger charge is -2.16. The van der Waals surface area contributed by atoms with Crippen molar-refractivity contribution < 1.29 is 4.74 Å². The summed E-state index contributed by atoms with van der Waals surface area (Å²) >= 11 is 13.6. The molecule has 0 aliphatic carbocycles. The minimum absolute atomic E-state index is 0.122. The van der Waals surface area contributed by atoms with Crippen LogP contribution in [0.4, 0.5) is 0 Å². The van der Waals surface area contributed by atoms with E-state index in [9.17, 15) is 0 Å². The highest BCUT2D eigenvalue weighted by Crippen LogP contribution is 2.35. The van der Waals surface area contributed by atoms with Crippen LogP contribution in [0.25, 0.3) is 0 Å². The third-order valence-electron chi connectivity index (χ3n) is 2.91. The summed E-state index contributed by atoms with van der Waals surface area (Å²) in [5, 5.41) is -0.122. The second-order valence-electron chi connectivity index (χ2n) is 4.42. The van der Waals surface area contributed by atoms with Gasteiger partial charge < -0.3 is 4.74 Å². The van der Waals surface area contributed by atoms with Gasteiger partial charge >= 0.3 is 0 Å².